The summed E-state index contributed by atoms with van der Waals surface area (Å²) in [5.41, 5.74) is 0.896. The number of hydrogen-bond donors (Lipinski definition) is 1. The van der Waals surface area contributed by atoms with E-state index in [1.54, 1.807) is 11.3 Å². The molecule has 0 bridgehead atoms. The molecular formula is C11H16N2OS. The largest absolute Gasteiger partial charge is 0.353 e. The van der Waals surface area contributed by atoms with Gasteiger partial charge in [0.15, 0.2) is 0 Å². The summed E-state index contributed by atoms with van der Waals surface area (Å²) >= 11 is 1.60. The van der Waals surface area contributed by atoms with Crippen molar-refractivity contribution < 1.29 is 4.79 Å². The Kier molecular flexibility index (Phi) is 3.36. The van der Waals surface area contributed by atoms with E-state index < -0.39 is 0 Å². The van der Waals surface area contributed by atoms with Crippen molar-refractivity contribution in [3.8, 4) is 0 Å². The topological polar surface area (TPSA) is 42.0 Å². The van der Waals surface area contributed by atoms with Crippen LogP contribution in [0.2, 0.25) is 0 Å². The maximum Gasteiger partial charge on any atom is 0.226 e. The Balaban J connectivity index is 1.81. The van der Waals surface area contributed by atoms with E-state index in [0.717, 1.165) is 23.5 Å². The van der Waals surface area contributed by atoms with Crippen LogP contribution >= 0.6 is 11.3 Å². The van der Waals surface area contributed by atoms with Crippen molar-refractivity contribution in [3.05, 3.63) is 16.1 Å². The Labute approximate surface area is 93.9 Å². The highest BCUT2D eigenvalue weighted by atomic mass is 32.1. The van der Waals surface area contributed by atoms with Crippen LogP contribution in [0.25, 0.3) is 0 Å². The molecule has 0 saturated heterocycles. The molecule has 0 spiro atoms. The fourth-order valence-electron chi connectivity index (χ4n) is 2.00. The molecule has 1 aliphatic rings. The summed E-state index contributed by atoms with van der Waals surface area (Å²) in [6.07, 6.45) is 5.21. The standard InChI is InChI=1S/C11H16N2OS/c1-8-12-10(7-15-8)6-11(14)13-9-4-2-3-5-9/h7,9H,2-6H2,1H3,(H,13,14). The molecule has 0 unspecified atom stereocenters. The summed E-state index contributed by atoms with van der Waals surface area (Å²) in [6, 6.07) is 0.414. The second-order valence-corrected chi connectivity index (χ2v) is 5.15. The van der Waals surface area contributed by atoms with Crippen LogP contribution in [0.1, 0.15) is 36.4 Å². The van der Waals surface area contributed by atoms with Gasteiger partial charge in [-0.25, -0.2) is 4.98 Å². The van der Waals surface area contributed by atoms with E-state index in [2.05, 4.69) is 10.3 Å². The lowest BCUT2D eigenvalue weighted by molar-refractivity contribution is -0.121. The zero-order valence-electron chi connectivity index (χ0n) is 8.95. The third-order valence-corrected chi connectivity index (χ3v) is 3.55. The van der Waals surface area contributed by atoms with E-state index in [0.29, 0.717) is 12.5 Å². The summed E-state index contributed by atoms with van der Waals surface area (Å²) in [5, 5.41) is 6.05. The molecular weight excluding hydrogens is 208 g/mol. The lowest BCUT2D eigenvalue weighted by atomic mass is 10.2. The van der Waals surface area contributed by atoms with Crippen molar-refractivity contribution in [2.24, 2.45) is 0 Å². The summed E-state index contributed by atoms with van der Waals surface area (Å²) in [5.74, 6) is 0.118. The molecule has 1 aromatic rings. The molecule has 4 heteroatoms. The van der Waals surface area contributed by atoms with Crippen LogP contribution in [0.5, 0.6) is 0 Å². The van der Waals surface area contributed by atoms with E-state index in [1.807, 2.05) is 12.3 Å². The predicted octanol–water partition coefficient (Wildman–Crippen LogP) is 2.05. The van der Waals surface area contributed by atoms with Gasteiger partial charge in [-0.05, 0) is 19.8 Å². The SMILES string of the molecule is Cc1nc(CC(=O)NC2CCCC2)cs1. The third kappa shape index (κ3) is 3.02. The van der Waals surface area contributed by atoms with Crippen LogP contribution < -0.4 is 5.32 Å². The predicted molar refractivity (Wildman–Crippen MR) is 61.0 cm³/mol. The molecule has 0 aromatic carbocycles. The number of rotatable bonds is 3. The molecule has 1 aliphatic carbocycles. The quantitative estimate of drug-likeness (QED) is 0.854. The van der Waals surface area contributed by atoms with Crippen LogP contribution in [0.4, 0.5) is 0 Å². The van der Waals surface area contributed by atoms with Gasteiger partial charge in [0.05, 0.1) is 17.1 Å². The molecule has 2 rings (SSSR count). The zero-order chi connectivity index (χ0) is 10.7. The number of carbonyl (C=O) groups is 1. The Morgan fingerprint density at radius 1 is 1.60 bits per heavy atom. The van der Waals surface area contributed by atoms with Gasteiger partial charge in [-0.15, -0.1) is 11.3 Å². The number of carbonyl (C=O) groups excluding carboxylic acids is 1. The summed E-state index contributed by atoms with van der Waals surface area (Å²) in [6.45, 7) is 1.96. The second kappa shape index (κ2) is 4.75. The molecule has 1 saturated carbocycles. The molecule has 15 heavy (non-hydrogen) atoms. The normalized spacial score (nSPS) is 16.9. The smallest absolute Gasteiger partial charge is 0.226 e. The number of hydrogen-bond acceptors (Lipinski definition) is 3. The van der Waals surface area contributed by atoms with Crippen LogP contribution in [0.3, 0.4) is 0 Å². The number of aryl methyl sites for hydroxylation is 1. The van der Waals surface area contributed by atoms with Gasteiger partial charge >= 0.3 is 0 Å². The third-order valence-electron chi connectivity index (χ3n) is 2.73. The first-order chi connectivity index (χ1) is 7.24. The average Bonchev–Trinajstić information content (AvgIpc) is 2.77. The van der Waals surface area contributed by atoms with Gasteiger partial charge in [-0.1, -0.05) is 12.8 Å². The first-order valence-corrected chi connectivity index (χ1v) is 6.32. The Hall–Kier alpha value is -0.900. The first kappa shape index (κ1) is 10.6. The minimum absolute atomic E-state index is 0.118. The summed E-state index contributed by atoms with van der Waals surface area (Å²) in [4.78, 5) is 15.9. The van der Waals surface area contributed by atoms with Crippen molar-refractivity contribution in [3.63, 3.8) is 0 Å². The maximum atomic E-state index is 11.6. The minimum atomic E-state index is 0.118. The van der Waals surface area contributed by atoms with Crippen LogP contribution in [-0.2, 0) is 11.2 Å². The van der Waals surface area contributed by atoms with Crippen LogP contribution in [-0.4, -0.2) is 16.9 Å². The fourth-order valence-corrected chi connectivity index (χ4v) is 2.62. The molecule has 0 radical (unpaired) electrons. The fraction of sp³-hybridized carbons (Fsp3) is 0.636. The molecule has 3 nitrogen and oxygen atoms in total. The highest BCUT2D eigenvalue weighted by molar-refractivity contribution is 7.09. The van der Waals surface area contributed by atoms with Gasteiger partial charge in [-0.3, -0.25) is 4.79 Å². The van der Waals surface area contributed by atoms with Crippen LogP contribution in [0.15, 0.2) is 5.38 Å². The van der Waals surface area contributed by atoms with Crippen molar-refractivity contribution in [1.29, 1.82) is 0 Å². The summed E-state index contributed by atoms with van der Waals surface area (Å²) in [7, 11) is 0. The van der Waals surface area contributed by atoms with E-state index in [4.69, 9.17) is 0 Å². The Morgan fingerprint density at radius 3 is 2.93 bits per heavy atom. The highest BCUT2D eigenvalue weighted by Crippen LogP contribution is 2.17. The van der Waals surface area contributed by atoms with E-state index >= 15 is 0 Å². The molecule has 1 N–H and O–H groups in total. The van der Waals surface area contributed by atoms with Gasteiger partial charge in [0, 0.05) is 11.4 Å². The van der Waals surface area contributed by atoms with E-state index in [-0.39, 0.29) is 5.91 Å². The van der Waals surface area contributed by atoms with E-state index in [1.165, 1.54) is 12.8 Å². The molecule has 1 aromatic heterocycles. The Morgan fingerprint density at radius 2 is 2.33 bits per heavy atom. The monoisotopic (exact) mass is 224 g/mol. The maximum absolute atomic E-state index is 11.6. The average molecular weight is 224 g/mol. The first-order valence-electron chi connectivity index (χ1n) is 5.44. The van der Waals surface area contributed by atoms with Gasteiger partial charge < -0.3 is 5.32 Å². The number of nitrogens with one attached hydrogen (secondary N) is 1. The molecule has 1 fully saturated rings. The number of aromatic nitrogens is 1. The van der Waals surface area contributed by atoms with Crippen molar-refractivity contribution in [2.75, 3.05) is 0 Å². The number of nitrogens with zero attached hydrogens (tertiary/aromatic N) is 1. The minimum Gasteiger partial charge on any atom is -0.353 e. The molecule has 1 heterocycles. The van der Waals surface area contributed by atoms with Gasteiger partial charge in [-0.2, -0.15) is 0 Å². The lowest BCUT2D eigenvalue weighted by Crippen LogP contribution is -2.33. The molecule has 82 valence electrons. The molecule has 1 amide bonds. The Bertz CT molecular complexity index is 342. The van der Waals surface area contributed by atoms with Crippen molar-refractivity contribution in [1.82, 2.24) is 10.3 Å². The van der Waals surface area contributed by atoms with Crippen LogP contribution in [0, 0.1) is 6.92 Å². The highest BCUT2D eigenvalue weighted by Gasteiger charge is 2.17. The number of thiazole rings is 1. The van der Waals surface area contributed by atoms with Gasteiger partial charge in [0.1, 0.15) is 0 Å². The van der Waals surface area contributed by atoms with Crippen molar-refractivity contribution >= 4 is 17.2 Å². The van der Waals surface area contributed by atoms with Gasteiger partial charge in [0.25, 0.3) is 0 Å². The molecule has 0 aliphatic heterocycles. The lowest BCUT2D eigenvalue weighted by Gasteiger charge is -2.10. The zero-order valence-corrected chi connectivity index (χ0v) is 9.77. The second-order valence-electron chi connectivity index (χ2n) is 4.08. The summed E-state index contributed by atoms with van der Waals surface area (Å²) < 4.78 is 0. The number of amides is 1. The molecule has 0 atom stereocenters. The van der Waals surface area contributed by atoms with E-state index in [9.17, 15) is 4.79 Å². The van der Waals surface area contributed by atoms with Crippen molar-refractivity contribution in [2.45, 2.75) is 45.1 Å². The van der Waals surface area contributed by atoms with Gasteiger partial charge in [0.2, 0.25) is 5.91 Å².